The normalized spacial score (nSPS) is 15.1. The summed E-state index contributed by atoms with van der Waals surface area (Å²) in [4.78, 5) is 4.43. The molecule has 1 aliphatic carbocycles. The molecule has 2 heteroatoms. The van der Waals surface area contributed by atoms with E-state index in [0.29, 0.717) is 0 Å². The fraction of sp³-hybridized carbons (Fsp3) is 0.444. The molecule has 2 rings (SSSR count). The van der Waals surface area contributed by atoms with Gasteiger partial charge in [-0.25, -0.2) is 4.98 Å². The predicted octanol–water partition coefficient (Wildman–Crippen LogP) is 0.0833. The molecule has 0 aromatic carbocycles. The van der Waals surface area contributed by atoms with Crippen LogP contribution in [0.15, 0.2) is 0 Å². The molecule has 0 atom stereocenters. The molecule has 1 heterocycles. The maximum absolute atomic E-state index is 4.43. The Hall–Kier alpha value is -1.05. The zero-order chi connectivity index (χ0) is 7.84. The van der Waals surface area contributed by atoms with Gasteiger partial charge >= 0.3 is 0 Å². The van der Waals surface area contributed by atoms with Crippen molar-refractivity contribution in [2.75, 3.05) is 0 Å². The summed E-state index contributed by atoms with van der Waals surface area (Å²) in [7, 11) is 2.07. The Balaban J connectivity index is 2.89. The SMILES string of the molecule is Cc1nc2c(n1C)=CCCC=2. The Morgan fingerprint density at radius 1 is 1.36 bits per heavy atom. The van der Waals surface area contributed by atoms with Crippen LogP contribution >= 0.6 is 0 Å². The lowest BCUT2D eigenvalue weighted by Gasteiger charge is -1.96. The minimum absolute atomic E-state index is 1.10. The van der Waals surface area contributed by atoms with Crippen molar-refractivity contribution in [2.24, 2.45) is 7.05 Å². The highest BCUT2D eigenvalue weighted by molar-refractivity contribution is 5.33. The average Bonchev–Trinajstić information content (AvgIpc) is 2.30. The van der Waals surface area contributed by atoms with Crippen LogP contribution < -0.4 is 10.7 Å². The summed E-state index contributed by atoms with van der Waals surface area (Å²) >= 11 is 0. The smallest absolute Gasteiger partial charge is 0.106 e. The second-order valence-corrected chi connectivity index (χ2v) is 2.97. The Bertz CT molecular complexity index is 384. The van der Waals surface area contributed by atoms with Gasteiger partial charge in [0.1, 0.15) is 5.82 Å². The molecule has 0 bridgehead atoms. The molecule has 0 saturated carbocycles. The molecule has 0 unspecified atom stereocenters. The molecule has 0 spiro atoms. The van der Waals surface area contributed by atoms with E-state index in [1.54, 1.807) is 0 Å². The first-order chi connectivity index (χ1) is 5.29. The summed E-state index contributed by atoms with van der Waals surface area (Å²) in [6.45, 7) is 2.04. The number of rotatable bonds is 0. The molecule has 2 nitrogen and oxygen atoms in total. The molecule has 0 saturated heterocycles. The van der Waals surface area contributed by atoms with Crippen LogP contribution in [0.25, 0.3) is 12.2 Å². The number of hydrogen-bond acceptors (Lipinski definition) is 1. The van der Waals surface area contributed by atoms with Crippen LogP contribution in [-0.4, -0.2) is 9.55 Å². The van der Waals surface area contributed by atoms with Gasteiger partial charge in [-0.15, -0.1) is 0 Å². The van der Waals surface area contributed by atoms with E-state index in [9.17, 15) is 0 Å². The zero-order valence-electron chi connectivity index (χ0n) is 6.96. The highest BCUT2D eigenvalue weighted by atomic mass is 15.0. The monoisotopic (exact) mass is 148 g/mol. The molecule has 0 radical (unpaired) electrons. The summed E-state index contributed by atoms with van der Waals surface area (Å²) in [6, 6.07) is 0. The van der Waals surface area contributed by atoms with Gasteiger partial charge in [0.15, 0.2) is 0 Å². The molecule has 0 fully saturated rings. The third-order valence-corrected chi connectivity index (χ3v) is 2.23. The van der Waals surface area contributed by atoms with Crippen molar-refractivity contribution in [3.63, 3.8) is 0 Å². The molecular weight excluding hydrogens is 136 g/mol. The molecule has 1 aromatic rings. The first-order valence-corrected chi connectivity index (χ1v) is 3.99. The minimum Gasteiger partial charge on any atom is -0.332 e. The molecule has 0 N–H and O–H groups in total. The van der Waals surface area contributed by atoms with E-state index in [4.69, 9.17) is 0 Å². The van der Waals surface area contributed by atoms with E-state index in [1.807, 2.05) is 6.92 Å². The standard InChI is InChI=1S/C9H12N2/c1-7-10-8-5-3-4-6-9(8)11(7)2/h5-6H,3-4H2,1-2H3. The fourth-order valence-corrected chi connectivity index (χ4v) is 1.48. The maximum Gasteiger partial charge on any atom is 0.106 e. The average molecular weight is 148 g/mol. The molecule has 1 aliphatic rings. The molecule has 0 aliphatic heterocycles. The molecule has 1 aromatic heterocycles. The summed E-state index contributed by atoms with van der Waals surface area (Å²) in [5.74, 6) is 1.10. The Labute approximate surface area is 65.9 Å². The molecule has 58 valence electrons. The van der Waals surface area contributed by atoms with Crippen LogP contribution in [0, 0.1) is 6.92 Å². The van der Waals surface area contributed by atoms with E-state index in [0.717, 1.165) is 24.0 Å². The van der Waals surface area contributed by atoms with Crippen LogP contribution in [0.2, 0.25) is 0 Å². The summed E-state index contributed by atoms with van der Waals surface area (Å²) in [5, 5.41) is 2.45. The van der Waals surface area contributed by atoms with E-state index in [2.05, 4.69) is 28.8 Å². The first-order valence-electron chi connectivity index (χ1n) is 3.99. The van der Waals surface area contributed by atoms with Crippen molar-refractivity contribution in [1.29, 1.82) is 0 Å². The Morgan fingerprint density at radius 3 is 2.82 bits per heavy atom. The highest BCUT2D eigenvalue weighted by Crippen LogP contribution is 1.94. The lowest BCUT2D eigenvalue weighted by Crippen LogP contribution is -2.30. The van der Waals surface area contributed by atoms with Gasteiger partial charge in [-0.3, -0.25) is 0 Å². The summed E-state index contributed by atoms with van der Waals surface area (Å²) in [6.07, 6.45) is 6.77. The van der Waals surface area contributed by atoms with E-state index >= 15 is 0 Å². The number of fused-ring (bicyclic) bond motifs is 1. The third-order valence-electron chi connectivity index (χ3n) is 2.23. The number of aryl methyl sites for hydroxylation is 1. The summed E-state index contributed by atoms with van der Waals surface area (Å²) in [5.41, 5.74) is 0. The van der Waals surface area contributed by atoms with Gasteiger partial charge in [0.25, 0.3) is 0 Å². The molecular formula is C9H12N2. The van der Waals surface area contributed by atoms with Crippen molar-refractivity contribution < 1.29 is 0 Å². The van der Waals surface area contributed by atoms with Crippen LogP contribution in [-0.2, 0) is 7.05 Å². The number of hydrogen-bond donors (Lipinski definition) is 0. The quantitative estimate of drug-likeness (QED) is 0.509. The van der Waals surface area contributed by atoms with Gasteiger partial charge < -0.3 is 4.57 Å². The van der Waals surface area contributed by atoms with Crippen LogP contribution in [0.5, 0.6) is 0 Å². The van der Waals surface area contributed by atoms with Crippen LogP contribution in [0.4, 0.5) is 0 Å². The van der Waals surface area contributed by atoms with Crippen molar-refractivity contribution in [3.05, 3.63) is 16.5 Å². The second kappa shape index (κ2) is 2.22. The summed E-state index contributed by atoms with van der Waals surface area (Å²) < 4.78 is 2.14. The number of nitrogens with zero attached hydrogens (tertiary/aromatic N) is 2. The topological polar surface area (TPSA) is 17.8 Å². The van der Waals surface area contributed by atoms with Crippen molar-refractivity contribution >= 4 is 12.2 Å². The van der Waals surface area contributed by atoms with Crippen LogP contribution in [0.1, 0.15) is 18.7 Å². The molecule has 0 amide bonds. The van der Waals surface area contributed by atoms with Crippen molar-refractivity contribution in [2.45, 2.75) is 19.8 Å². The first kappa shape index (κ1) is 6.65. The van der Waals surface area contributed by atoms with Gasteiger partial charge in [-0.05, 0) is 19.8 Å². The number of aromatic nitrogens is 2. The van der Waals surface area contributed by atoms with E-state index in [1.165, 1.54) is 5.35 Å². The van der Waals surface area contributed by atoms with Gasteiger partial charge in [0.05, 0.1) is 10.7 Å². The molecule has 11 heavy (non-hydrogen) atoms. The van der Waals surface area contributed by atoms with Crippen molar-refractivity contribution in [3.8, 4) is 0 Å². The Kier molecular flexibility index (Phi) is 1.34. The second-order valence-electron chi connectivity index (χ2n) is 2.97. The van der Waals surface area contributed by atoms with Crippen molar-refractivity contribution in [1.82, 2.24) is 9.55 Å². The minimum atomic E-state index is 1.10. The predicted molar refractivity (Wildman–Crippen MR) is 45.4 cm³/mol. The fourth-order valence-electron chi connectivity index (χ4n) is 1.48. The van der Waals surface area contributed by atoms with E-state index in [-0.39, 0.29) is 0 Å². The Morgan fingerprint density at radius 2 is 2.09 bits per heavy atom. The highest BCUT2D eigenvalue weighted by Gasteiger charge is 2.00. The van der Waals surface area contributed by atoms with Gasteiger partial charge in [0, 0.05) is 7.05 Å². The number of imidazole rings is 1. The van der Waals surface area contributed by atoms with Gasteiger partial charge in [0.2, 0.25) is 0 Å². The largest absolute Gasteiger partial charge is 0.332 e. The van der Waals surface area contributed by atoms with Gasteiger partial charge in [-0.1, -0.05) is 12.2 Å². The van der Waals surface area contributed by atoms with Crippen LogP contribution in [0.3, 0.4) is 0 Å². The zero-order valence-corrected chi connectivity index (χ0v) is 6.96. The maximum atomic E-state index is 4.43. The van der Waals surface area contributed by atoms with Gasteiger partial charge in [-0.2, -0.15) is 0 Å². The third kappa shape index (κ3) is 0.897. The van der Waals surface area contributed by atoms with E-state index < -0.39 is 0 Å². The lowest BCUT2D eigenvalue weighted by molar-refractivity contribution is 0.828. The lowest BCUT2D eigenvalue weighted by atomic mass is 10.2.